The Labute approximate surface area is 111 Å². The average molecular weight is 243 g/mol. The Morgan fingerprint density at radius 1 is 1.11 bits per heavy atom. The van der Waals surface area contributed by atoms with E-state index in [-0.39, 0.29) is 5.41 Å². The summed E-state index contributed by atoms with van der Waals surface area (Å²) in [6, 6.07) is 4.72. The summed E-state index contributed by atoms with van der Waals surface area (Å²) in [4.78, 5) is 4.60. The fourth-order valence-corrected chi connectivity index (χ4v) is 2.65. The maximum absolute atomic E-state index is 4.60. The van der Waals surface area contributed by atoms with Gasteiger partial charge in [0.2, 0.25) is 0 Å². The monoisotopic (exact) mass is 243 g/mol. The zero-order valence-electron chi connectivity index (χ0n) is 12.4. The minimum Gasteiger partial charge on any atom is -0.294 e. The van der Waals surface area contributed by atoms with Crippen molar-refractivity contribution in [3.8, 4) is 0 Å². The van der Waals surface area contributed by atoms with Gasteiger partial charge in [0.25, 0.3) is 0 Å². The molecule has 0 N–H and O–H groups in total. The standard InChI is InChI=1S/C17H25N/c1-12-9-14(17(3,4)5)10-13(2)16(12)11-15-7-6-8-18-15/h9-10H,6-8,11H2,1-5H3. The summed E-state index contributed by atoms with van der Waals surface area (Å²) in [5.41, 5.74) is 7.41. The number of hydrogen-bond donors (Lipinski definition) is 0. The Kier molecular flexibility index (Phi) is 3.61. The summed E-state index contributed by atoms with van der Waals surface area (Å²) in [6.07, 6.45) is 3.50. The first kappa shape index (κ1) is 13.3. The van der Waals surface area contributed by atoms with Crippen molar-refractivity contribution in [3.63, 3.8) is 0 Å². The van der Waals surface area contributed by atoms with E-state index >= 15 is 0 Å². The summed E-state index contributed by atoms with van der Waals surface area (Å²) in [5.74, 6) is 0. The fourth-order valence-electron chi connectivity index (χ4n) is 2.65. The molecule has 1 aliphatic rings. The van der Waals surface area contributed by atoms with Gasteiger partial charge in [0.15, 0.2) is 0 Å². The van der Waals surface area contributed by atoms with Crippen LogP contribution in [0.25, 0.3) is 0 Å². The molecule has 0 saturated carbocycles. The number of rotatable bonds is 2. The van der Waals surface area contributed by atoms with E-state index in [1.807, 2.05) is 0 Å². The highest BCUT2D eigenvalue weighted by Crippen LogP contribution is 2.27. The molecule has 98 valence electrons. The van der Waals surface area contributed by atoms with E-state index < -0.39 is 0 Å². The second kappa shape index (κ2) is 4.87. The highest BCUT2D eigenvalue weighted by atomic mass is 14.8. The molecule has 0 saturated heterocycles. The second-order valence-electron chi connectivity index (χ2n) is 6.57. The third-order valence-electron chi connectivity index (χ3n) is 3.90. The van der Waals surface area contributed by atoms with Crippen LogP contribution in [0.3, 0.4) is 0 Å². The molecule has 0 aliphatic carbocycles. The molecule has 1 aromatic carbocycles. The predicted molar refractivity (Wildman–Crippen MR) is 79.9 cm³/mol. The SMILES string of the molecule is Cc1cc(C(C)(C)C)cc(C)c1CC1=NCCC1. The number of benzene rings is 1. The second-order valence-corrected chi connectivity index (χ2v) is 6.57. The molecule has 2 rings (SSSR count). The van der Waals surface area contributed by atoms with Gasteiger partial charge in [-0.3, -0.25) is 4.99 Å². The smallest absolute Gasteiger partial charge is 0.0392 e. The third kappa shape index (κ3) is 2.82. The topological polar surface area (TPSA) is 12.4 Å². The van der Waals surface area contributed by atoms with Gasteiger partial charge in [-0.25, -0.2) is 0 Å². The minimum atomic E-state index is 0.235. The fraction of sp³-hybridized carbons (Fsp3) is 0.588. The zero-order chi connectivity index (χ0) is 13.3. The number of hydrogen-bond acceptors (Lipinski definition) is 1. The summed E-state index contributed by atoms with van der Waals surface area (Å²) in [6.45, 7) is 12.4. The number of aliphatic imine (C=N–C) groups is 1. The highest BCUT2D eigenvalue weighted by Gasteiger charge is 2.17. The van der Waals surface area contributed by atoms with Gasteiger partial charge in [0, 0.05) is 18.7 Å². The average Bonchev–Trinajstić information content (AvgIpc) is 2.74. The first-order chi connectivity index (χ1) is 8.38. The lowest BCUT2D eigenvalue weighted by Gasteiger charge is -2.22. The minimum absolute atomic E-state index is 0.235. The largest absolute Gasteiger partial charge is 0.294 e. The van der Waals surface area contributed by atoms with Crippen molar-refractivity contribution in [1.82, 2.24) is 0 Å². The molecule has 0 radical (unpaired) electrons. The Morgan fingerprint density at radius 2 is 1.72 bits per heavy atom. The van der Waals surface area contributed by atoms with Crippen LogP contribution in [0, 0.1) is 13.8 Å². The molecule has 0 atom stereocenters. The van der Waals surface area contributed by atoms with Gasteiger partial charge in [-0.05, 0) is 54.4 Å². The van der Waals surface area contributed by atoms with Crippen LogP contribution in [0.15, 0.2) is 17.1 Å². The zero-order valence-corrected chi connectivity index (χ0v) is 12.4. The van der Waals surface area contributed by atoms with Crippen LogP contribution in [0.4, 0.5) is 0 Å². The first-order valence-corrected chi connectivity index (χ1v) is 7.01. The molecule has 1 heterocycles. The summed E-state index contributed by atoms with van der Waals surface area (Å²) >= 11 is 0. The Bertz CT molecular complexity index is 452. The first-order valence-electron chi connectivity index (χ1n) is 7.01. The molecule has 0 bridgehead atoms. The molecule has 18 heavy (non-hydrogen) atoms. The van der Waals surface area contributed by atoms with Gasteiger partial charge in [-0.15, -0.1) is 0 Å². The maximum atomic E-state index is 4.60. The van der Waals surface area contributed by atoms with Crippen LogP contribution in [-0.2, 0) is 11.8 Å². The van der Waals surface area contributed by atoms with Gasteiger partial charge < -0.3 is 0 Å². The normalized spacial score (nSPS) is 15.9. The van der Waals surface area contributed by atoms with Crippen molar-refractivity contribution in [3.05, 3.63) is 34.4 Å². The highest BCUT2D eigenvalue weighted by molar-refractivity contribution is 5.88. The van der Waals surface area contributed by atoms with Gasteiger partial charge in [0.1, 0.15) is 0 Å². The molecule has 1 heteroatoms. The summed E-state index contributed by atoms with van der Waals surface area (Å²) < 4.78 is 0. The Morgan fingerprint density at radius 3 is 2.17 bits per heavy atom. The molecule has 0 unspecified atom stereocenters. The van der Waals surface area contributed by atoms with E-state index in [1.54, 1.807) is 0 Å². The van der Waals surface area contributed by atoms with Gasteiger partial charge in [-0.1, -0.05) is 32.9 Å². The lowest BCUT2D eigenvalue weighted by molar-refractivity contribution is 0.589. The molecule has 0 amide bonds. The van der Waals surface area contributed by atoms with E-state index in [4.69, 9.17) is 0 Å². The van der Waals surface area contributed by atoms with E-state index in [0.29, 0.717) is 0 Å². The quantitative estimate of drug-likeness (QED) is 0.731. The van der Waals surface area contributed by atoms with Crippen molar-refractivity contribution >= 4 is 5.71 Å². The molecular weight excluding hydrogens is 218 g/mol. The lowest BCUT2D eigenvalue weighted by Crippen LogP contribution is -2.13. The van der Waals surface area contributed by atoms with Gasteiger partial charge in [-0.2, -0.15) is 0 Å². The van der Waals surface area contributed by atoms with Crippen LogP contribution in [-0.4, -0.2) is 12.3 Å². The maximum Gasteiger partial charge on any atom is 0.0392 e. The van der Waals surface area contributed by atoms with Crippen molar-refractivity contribution in [2.45, 2.75) is 59.3 Å². The Hall–Kier alpha value is -1.11. The van der Waals surface area contributed by atoms with Crippen LogP contribution in [0.1, 0.15) is 55.9 Å². The molecule has 0 fully saturated rings. The van der Waals surface area contributed by atoms with E-state index in [1.165, 1.54) is 40.8 Å². The lowest BCUT2D eigenvalue weighted by atomic mass is 9.83. The van der Waals surface area contributed by atoms with Crippen molar-refractivity contribution in [2.24, 2.45) is 4.99 Å². The van der Waals surface area contributed by atoms with Crippen LogP contribution in [0.5, 0.6) is 0 Å². The van der Waals surface area contributed by atoms with Gasteiger partial charge >= 0.3 is 0 Å². The number of aryl methyl sites for hydroxylation is 2. The van der Waals surface area contributed by atoms with Crippen molar-refractivity contribution in [2.75, 3.05) is 6.54 Å². The van der Waals surface area contributed by atoms with E-state index in [9.17, 15) is 0 Å². The van der Waals surface area contributed by atoms with E-state index in [2.05, 4.69) is 51.7 Å². The summed E-state index contributed by atoms with van der Waals surface area (Å²) in [5, 5.41) is 0. The summed E-state index contributed by atoms with van der Waals surface area (Å²) in [7, 11) is 0. The molecule has 1 nitrogen and oxygen atoms in total. The molecule has 0 aromatic heterocycles. The van der Waals surface area contributed by atoms with Gasteiger partial charge in [0.05, 0.1) is 0 Å². The molecular formula is C17H25N. The van der Waals surface area contributed by atoms with Crippen LogP contribution < -0.4 is 0 Å². The predicted octanol–water partition coefficient (Wildman–Crippen LogP) is 4.38. The molecule has 1 aromatic rings. The van der Waals surface area contributed by atoms with Crippen molar-refractivity contribution in [1.29, 1.82) is 0 Å². The van der Waals surface area contributed by atoms with E-state index in [0.717, 1.165) is 13.0 Å². The molecule has 1 aliphatic heterocycles. The molecule has 0 spiro atoms. The third-order valence-corrected chi connectivity index (χ3v) is 3.90. The number of nitrogens with zero attached hydrogens (tertiary/aromatic N) is 1. The van der Waals surface area contributed by atoms with Crippen molar-refractivity contribution < 1.29 is 0 Å². The van der Waals surface area contributed by atoms with Crippen LogP contribution >= 0.6 is 0 Å². The van der Waals surface area contributed by atoms with Crippen LogP contribution in [0.2, 0.25) is 0 Å². The Balaban J connectivity index is 2.32.